The Bertz CT molecular complexity index is 804. The lowest BCUT2D eigenvalue weighted by atomic mass is 10.2. The molecule has 0 aliphatic heterocycles. The number of nitriles is 1. The van der Waals surface area contributed by atoms with Gasteiger partial charge < -0.3 is 10.1 Å². The number of nitrogens with zero attached hydrogens (tertiary/aromatic N) is 3. The third-order valence-corrected chi connectivity index (χ3v) is 3.19. The van der Waals surface area contributed by atoms with Gasteiger partial charge in [0.25, 0.3) is 0 Å². The Hall–Kier alpha value is -3.13. The van der Waals surface area contributed by atoms with Crippen molar-refractivity contribution >= 4 is 16.7 Å². The molecule has 0 saturated carbocycles. The minimum atomic E-state index is 0.504. The van der Waals surface area contributed by atoms with Crippen molar-refractivity contribution in [3.8, 4) is 11.8 Å². The summed E-state index contributed by atoms with van der Waals surface area (Å²) in [6.07, 6.45) is 1.55. The molecular weight excluding hydrogens is 276 g/mol. The lowest BCUT2D eigenvalue weighted by Crippen LogP contribution is -2.12. The van der Waals surface area contributed by atoms with Crippen LogP contribution in [0.4, 0.5) is 5.82 Å². The molecule has 3 rings (SSSR count). The second-order valence-electron chi connectivity index (χ2n) is 4.65. The average molecular weight is 290 g/mol. The summed E-state index contributed by atoms with van der Waals surface area (Å²) in [6.45, 7) is 1.13. The maximum Gasteiger partial charge on any atom is 0.137 e. The Morgan fingerprint density at radius 2 is 1.86 bits per heavy atom. The summed E-state index contributed by atoms with van der Waals surface area (Å²) in [5.74, 6) is 1.54. The zero-order chi connectivity index (χ0) is 15.2. The van der Waals surface area contributed by atoms with E-state index < -0.39 is 0 Å². The number of hydrogen-bond acceptors (Lipinski definition) is 5. The summed E-state index contributed by atoms with van der Waals surface area (Å²) in [5.41, 5.74) is 1.53. The van der Waals surface area contributed by atoms with Crippen molar-refractivity contribution in [2.75, 3.05) is 18.5 Å². The van der Waals surface area contributed by atoms with Crippen LogP contribution in [0.15, 0.2) is 54.9 Å². The number of ether oxygens (including phenoxy) is 1. The van der Waals surface area contributed by atoms with Gasteiger partial charge in [-0.15, -0.1) is 0 Å². The average Bonchev–Trinajstić information content (AvgIpc) is 2.59. The van der Waals surface area contributed by atoms with Gasteiger partial charge in [0, 0.05) is 5.39 Å². The van der Waals surface area contributed by atoms with Crippen LogP contribution in [0, 0.1) is 11.3 Å². The second kappa shape index (κ2) is 6.55. The molecule has 0 spiro atoms. The molecule has 3 aromatic rings. The normalized spacial score (nSPS) is 10.1. The molecule has 108 valence electrons. The lowest BCUT2D eigenvalue weighted by molar-refractivity contribution is 0.333. The summed E-state index contributed by atoms with van der Waals surface area (Å²) in [6, 6.07) is 17.0. The fourth-order valence-corrected chi connectivity index (χ4v) is 2.11. The molecule has 0 fully saturated rings. The molecule has 0 aliphatic rings. The van der Waals surface area contributed by atoms with Crippen LogP contribution in [-0.2, 0) is 0 Å². The SMILES string of the molecule is N#Cc1ccc(OCCNc2ncnc3ccccc23)cc1. The molecule has 2 aromatic carbocycles. The van der Waals surface area contributed by atoms with Gasteiger partial charge in [0.15, 0.2) is 0 Å². The molecule has 1 heterocycles. The number of anilines is 1. The van der Waals surface area contributed by atoms with Crippen molar-refractivity contribution in [2.45, 2.75) is 0 Å². The molecule has 0 radical (unpaired) electrons. The molecule has 22 heavy (non-hydrogen) atoms. The summed E-state index contributed by atoms with van der Waals surface area (Å²) < 4.78 is 5.62. The Balaban J connectivity index is 1.57. The van der Waals surface area contributed by atoms with Crippen molar-refractivity contribution in [1.29, 1.82) is 5.26 Å². The van der Waals surface area contributed by atoms with Crippen molar-refractivity contribution in [3.05, 3.63) is 60.4 Å². The highest BCUT2D eigenvalue weighted by Crippen LogP contribution is 2.18. The fourth-order valence-electron chi connectivity index (χ4n) is 2.11. The molecule has 0 bridgehead atoms. The molecular formula is C17H14N4O. The molecule has 0 atom stereocenters. The van der Waals surface area contributed by atoms with Gasteiger partial charge in [-0.05, 0) is 36.4 Å². The maximum absolute atomic E-state index is 8.74. The Kier molecular flexibility index (Phi) is 4.12. The highest BCUT2D eigenvalue weighted by Gasteiger charge is 2.02. The predicted molar refractivity (Wildman–Crippen MR) is 84.7 cm³/mol. The van der Waals surface area contributed by atoms with Gasteiger partial charge in [-0.25, -0.2) is 9.97 Å². The number of rotatable bonds is 5. The van der Waals surface area contributed by atoms with Gasteiger partial charge >= 0.3 is 0 Å². The molecule has 1 N–H and O–H groups in total. The molecule has 5 nitrogen and oxygen atoms in total. The minimum Gasteiger partial charge on any atom is -0.492 e. The number of aromatic nitrogens is 2. The second-order valence-corrected chi connectivity index (χ2v) is 4.65. The van der Waals surface area contributed by atoms with E-state index in [0.717, 1.165) is 22.5 Å². The van der Waals surface area contributed by atoms with Crippen LogP contribution in [0.1, 0.15) is 5.56 Å². The first-order chi connectivity index (χ1) is 10.9. The minimum absolute atomic E-state index is 0.504. The third-order valence-electron chi connectivity index (χ3n) is 3.19. The summed E-state index contributed by atoms with van der Waals surface area (Å²) in [4.78, 5) is 8.49. The van der Waals surface area contributed by atoms with Crippen LogP contribution in [0.3, 0.4) is 0 Å². The number of benzene rings is 2. The fraction of sp³-hybridized carbons (Fsp3) is 0.118. The zero-order valence-electron chi connectivity index (χ0n) is 11.9. The van der Waals surface area contributed by atoms with Gasteiger partial charge in [-0.2, -0.15) is 5.26 Å². The van der Waals surface area contributed by atoms with Crippen molar-refractivity contribution < 1.29 is 4.74 Å². The van der Waals surface area contributed by atoms with E-state index in [9.17, 15) is 0 Å². The largest absolute Gasteiger partial charge is 0.492 e. The van der Waals surface area contributed by atoms with E-state index in [4.69, 9.17) is 10.00 Å². The van der Waals surface area contributed by atoms with Crippen LogP contribution in [0.2, 0.25) is 0 Å². The molecule has 5 heteroatoms. The summed E-state index contributed by atoms with van der Waals surface area (Å²) >= 11 is 0. The Morgan fingerprint density at radius 3 is 2.68 bits per heavy atom. The van der Waals surface area contributed by atoms with E-state index in [-0.39, 0.29) is 0 Å². The molecule has 0 amide bonds. The van der Waals surface area contributed by atoms with Crippen LogP contribution in [0.25, 0.3) is 10.9 Å². The number of nitrogens with one attached hydrogen (secondary N) is 1. The van der Waals surface area contributed by atoms with E-state index in [1.54, 1.807) is 30.6 Å². The van der Waals surface area contributed by atoms with Crippen LogP contribution in [-0.4, -0.2) is 23.1 Å². The summed E-state index contributed by atoms with van der Waals surface area (Å²) in [5, 5.41) is 13.0. The quantitative estimate of drug-likeness (QED) is 0.731. The van der Waals surface area contributed by atoms with Crippen LogP contribution < -0.4 is 10.1 Å². The first-order valence-electron chi connectivity index (χ1n) is 6.93. The standard InChI is InChI=1S/C17H14N4O/c18-11-13-5-7-14(8-6-13)22-10-9-19-17-15-3-1-2-4-16(15)20-12-21-17/h1-8,12H,9-10H2,(H,19,20,21). The monoisotopic (exact) mass is 290 g/mol. The smallest absolute Gasteiger partial charge is 0.137 e. The lowest BCUT2D eigenvalue weighted by Gasteiger charge is -2.09. The predicted octanol–water partition coefficient (Wildman–Crippen LogP) is 2.99. The van der Waals surface area contributed by atoms with Crippen molar-refractivity contribution in [1.82, 2.24) is 9.97 Å². The molecule has 0 saturated heterocycles. The maximum atomic E-state index is 8.74. The third kappa shape index (κ3) is 3.13. The van der Waals surface area contributed by atoms with Crippen LogP contribution in [0.5, 0.6) is 5.75 Å². The first kappa shape index (κ1) is 13.8. The van der Waals surface area contributed by atoms with E-state index in [1.807, 2.05) is 24.3 Å². The van der Waals surface area contributed by atoms with Gasteiger partial charge in [-0.3, -0.25) is 0 Å². The first-order valence-corrected chi connectivity index (χ1v) is 6.93. The summed E-state index contributed by atoms with van der Waals surface area (Å²) in [7, 11) is 0. The van der Waals surface area contributed by atoms with Crippen molar-refractivity contribution in [3.63, 3.8) is 0 Å². The number of fused-ring (bicyclic) bond motifs is 1. The number of para-hydroxylation sites is 1. The van der Waals surface area contributed by atoms with Gasteiger partial charge in [-0.1, -0.05) is 12.1 Å². The highest BCUT2D eigenvalue weighted by molar-refractivity contribution is 5.88. The van der Waals surface area contributed by atoms with E-state index >= 15 is 0 Å². The van der Waals surface area contributed by atoms with Gasteiger partial charge in [0.1, 0.15) is 24.5 Å². The van der Waals surface area contributed by atoms with Gasteiger partial charge in [0.05, 0.1) is 23.7 Å². The zero-order valence-corrected chi connectivity index (χ0v) is 11.9. The molecule has 0 aliphatic carbocycles. The molecule has 0 unspecified atom stereocenters. The topological polar surface area (TPSA) is 70.8 Å². The number of hydrogen-bond donors (Lipinski definition) is 1. The van der Waals surface area contributed by atoms with E-state index in [0.29, 0.717) is 18.7 Å². The highest BCUT2D eigenvalue weighted by atomic mass is 16.5. The molecule has 1 aromatic heterocycles. The van der Waals surface area contributed by atoms with E-state index in [2.05, 4.69) is 21.4 Å². The van der Waals surface area contributed by atoms with E-state index in [1.165, 1.54) is 0 Å². The Morgan fingerprint density at radius 1 is 1.05 bits per heavy atom. The van der Waals surface area contributed by atoms with Crippen molar-refractivity contribution in [2.24, 2.45) is 0 Å². The van der Waals surface area contributed by atoms with Crippen LogP contribution >= 0.6 is 0 Å². The van der Waals surface area contributed by atoms with Gasteiger partial charge in [0.2, 0.25) is 0 Å². The Labute approximate surface area is 128 Å².